The Morgan fingerprint density at radius 3 is 2.48 bits per heavy atom. The van der Waals surface area contributed by atoms with Crippen LogP contribution in [0, 0.1) is 20.8 Å². The van der Waals surface area contributed by atoms with Crippen LogP contribution in [0.4, 0.5) is 10.6 Å². The lowest BCUT2D eigenvalue weighted by Gasteiger charge is -2.13. The van der Waals surface area contributed by atoms with Crippen LogP contribution in [0.1, 0.15) is 33.0 Å². The highest BCUT2D eigenvalue weighted by Gasteiger charge is 2.29. The Bertz CT molecular complexity index is 1170. The number of benzene rings is 1. The normalized spacial score (nSPS) is 13.7. The summed E-state index contributed by atoms with van der Waals surface area (Å²) in [4.78, 5) is 46.6. The Hall–Kier alpha value is -3.53. The molecule has 10 heteroatoms. The van der Waals surface area contributed by atoms with Gasteiger partial charge in [0.05, 0.1) is 18.0 Å². The number of carbonyl (C=O) groups is 3. The highest BCUT2D eigenvalue weighted by atomic mass is 32.2. The molecule has 1 saturated heterocycles. The second-order valence-electron chi connectivity index (χ2n) is 7.22. The number of hydrogen-bond donors (Lipinski definition) is 1. The number of aromatic nitrogens is 4. The minimum absolute atomic E-state index is 0.138. The first kappa shape index (κ1) is 20.7. The van der Waals surface area contributed by atoms with E-state index < -0.39 is 0 Å². The molecule has 0 spiro atoms. The summed E-state index contributed by atoms with van der Waals surface area (Å²) >= 11 is 0.985. The zero-order valence-corrected chi connectivity index (χ0v) is 18.1. The van der Waals surface area contributed by atoms with E-state index in [1.165, 1.54) is 9.58 Å². The average molecular weight is 436 g/mol. The van der Waals surface area contributed by atoms with Crippen LogP contribution in [-0.2, 0) is 11.3 Å². The quantitative estimate of drug-likeness (QED) is 0.654. The van der Waals surface area contributed by atoms with E-state index in [1.807, 2.05) is 26.8 Å². The van der Waals surface area contributed by atoms with Crippen molar-refractivity contribution in [2.75, 3.05) is 11.1 Å². The fourth-order valence-corrected chi connectivity index (χ4v) is 3.98. The lowest BCUT2D eigenvalue weighted by atomic mass is 10.1. The maximum absolute atomic E-state index is 12.9. The van der Waals surface area contributed by atoms with Gasteiger partial charge in [0.1, 0.15) is 5.82 Å². The topological polar surface area (TPSA) is 110 Å². The van der Waals surface area contributed by atoms with Gasteiger partial charge in [-0.15, -0.1) is 0 Å². The zero-order valence-electron chi connectivity index (χ0n) is 17.2. The van der Waals surface area contributed by atoms with E-state index in [4.69, 9.17) is 0 Å². The number of nitrogens with one attached hydrogen (secondary N) is 1. The molecule has 2 aromatic heterocycles. The summed E-state index contributed by atoms with van der Waals surface area (Å²) in [5, 5.41) is 6.99. The monoisotopic (exact) mass is 436 g/mol. The number of amides is 3. The fourth-order valence-electron chi connectivity index (χ4n) is 3.26. The number of rotatable bonds is 5. The van der Waals surface area contributed by atoms with E-state index in [1.54, 1.807) is 30.3 Å². The molecule has 1 N–H and O–H groups in total. The van der Waals surface area contributed by atoms with Crippen LogP contribution in [0.5, 0.6) is 0 Å². The van der Waals surface area contributed by atoms with Gasteiger partial charge >= 0.3 is 0 Å². The smallest absolute Gasteiger partial charge is 0.289 e. The van der Waals surface area contributed by atoms with Crippen molar-refractivity contribution in [1.82, 2.24) is 24.6 Å². The molecular formula is C21H20N6O3S. The average Bonchev–Trinajstić information content (AvgIpc) is 3.24. The Morgan fingerprint density at radius 1 is 1.06 bits per heavy atom. The van der Waals surface area contributed by atoms with Crippen LogP contribution >= 0.6 is 11.8 Å². The standard InChI is InChI=1S/C21H20N6O3S/c1-12-7-13(2)23-20(22-12)27-17(8-14(3)25-27)24-19(29)16-6-4-5-15(9-16)10-26-18(28)11-31-21(26)30/h4-9H,10-11H2,1-3H3,(H,24,29). The van der Waals surface area contributed by atoms with Crippen molar-refractivity contribution in [2.24, 2.45) is 0 Å². The summed E-state index contributed by atoms with van der Waals surface area (Å²) in [6, 6.07) is 10.4. The van der Waals surface area contributed by atoms with E-state index in [0.29, 0.717) is 28.6 Å². The van der Waals surface area contributed by atoms with E-state index in [0.717, 1.165) is 23.1 Å². The van der Waals surface area contributed by atoms with Crippen molar-refractivity contribution in [2.45, 2.75) is 27.3 Å². The number of hydrogen-bond acceptors (Lipinski definition) is 7. The Labute approximate surface area is 182 Å². The van der Waals surface area contributed by atoms with E-state index >= 15 is 0 Å². The molecule has 1 aromatic carbocycles. The van der Waals surface area contributed by atoms with E-state index in [9.17, 15) is 14.4 Å². The molecule has 0 bridgehead atoms. The van der Waals surface area contributed by atoms with Crippen molar-refractivity contribution in [3.63, 3.8) is 0 Å². The van der Waals surface area contributed by atoms with Crippen LogP contribution < -0.4 is 5.32 Å². The maximum atomic E-state index is 12.9. The SMILES string of the molecule is Cc1cc(C)nc(-n2nc(C)cc2NC(=O)c2cccc(CN3C(=O)CSC3=O)c2)n1. The van der Waals surface area contributed by atoms with E-state index in [2.05, 4.69) is 20.4 Å². The Morgan fingerprint density at radius 2 is 1.81 bits per heavy atom. The first-order valence-electron chi connectivity index (χ1n) is 9.57. The summed E-state index contributed by atoms with van der Waals surface area (Å²) in [5.74, 6) is 0.402. The molecule has 9 nitrogen and oxygen atoms in total. The molecule has 31 heavy (non-hydrogen) atoms. The fraction of sp³-hybridized carbons (Fsp3) is 0.238. The van der Waals surface area contributed by atoms with Gasteiger partial charge in [0.2, 0.25) is 5.91 Å². The molecular weight excluding hydrogens is 416 g/mol. The zero-order chi connectivity index (χ0) is 22.1. The van der Waals surface area contributed by atoms with Gasteiger partial charge in [-0.05, 0) is 44.5 Å². The van der Waals surface area contributed by atoms with Crippen molar-refractivity contribution in [3.05, 3.63) is 64.6 Å². The van der Waals surface area contributed by atoms with E-state index in [-0.39, 0.29) is 29.4 Å². The molecule has 0 atom stereocenters. The first-order valence-corrected chi connectivity index (χ1v) is 10.6. The first-order chi connectivity index (χ1) is 14.8. The summed E-state index contributed by atoms with van der Waals surface area (Å²) in [7, 11) is 0. The van der Waals surface area contributed by atoms with Gasteiger partial charge in [-0.2, -0.15) is 9.78 Å². The second-order valence-corrected chi connectivity index (χ2v) is 8.15. The molecule has 3 amide bonds. The van der Waals surface area contributed by atoms with Crippen molar-refractivity contribution in [3.8, 4) is 5.95 Å². The third kappa shape index (κ3) is 4.48. The number of carbonyl (C=O) groups excluding carboxylic acids is 3. The third-order valence-corrected chi connectivity index (χ3v) is 5.46. The van der Waals surface area contributed by atoms with Crippen LogP contribution in [-0.4, -0.2) is 47.5 Å². The molecule has 1 aliphatic heterocycles. The number of aryl methyl sites for hydroxylation is 3. The summed E-state index contributed by atoms with van der Waals surface area (Å²) in [6.07, 6.45) is 0. The van der Waals surface area contributed by atoms with Crippen LogP contribution in [0.15, 0.2) is 36.4 Å². The molecule has 0 saturated carbocycles. The predicted molar refractivity (Wildman–Crippen MR) is 116 cm³/mol. The number of imide groups is 1. The third-order valence-electron chi connectivity index (χ3n) is 4.60. The summed E-state index contributed by atoms with van der Waals surface area (Å²) in [5.41, 5.74) is 3.39. The molecule has 0 unspecified atom stereocenters. The predicted octanol–water partition coefficient (Wildman–Crippen LogP) is 3.04. The molecule has 3 heterocycles. The summed E-state index contributed by atoms with van der Waals surface area (Å²) in [6.45, 7) is 5.69. The van der Waals surface area contributed by atoms with Crippen molar-refractivity contribution >= 4 is 34.6 Å². The minimum Gasteiger partial charge on any atom is -0.306 e. The van der Waals surface area contributed by atoms with Crippen molar-refractivity contribution < 1.29 is 14.4 Å². The minimum atomic E-state index is -0.346. The van der Waals surface area contributed by atoms with Crippen LogP contribution in [0.2, 0.25) is 0 Å². The van der Waals surface area contributed by atoms with Gasteiger partial charge in [-0.25, -0.2) is 9.97 Å². The summed E-state index contributed by atoms with van der Waals surface area (Å²) < 4.78 is 1.50. The molecule has 0 aliphatic carbocycles. The van der Waals surface area contributed by atoms with Crippen LogP contribution in [0.25, 0.3) is 5.95 Å². The van der Waals surface area contributed by atoms with Gasteiger partial charge in [-0.1, -0.05) is 23.9 Å². The van der Waals surface area contributed by atoms with Gasteiger partial charge in [0, 0.05) is 23.0 Å². The number of anilines is 1. The molecule has 1 aliphatic rings. The van der Waals surface area contributed by atoms with Crippen molar-refractivity contribution in [1.29, 1.82) is 0 Å². The highest BCUT2D eigenvalue weighted by Crippen LogP contribution is 2.22. The van der Waals surface area contributed by atoms with Gasteiger partial charge < -0.3 is 5.32 Å². The lowest BCUT2D eigenvalue weighted by Crippen LogP contribution is -2.28. The number of thioether (sulfide) groups is 1. The largest absolute Gasteiger partial charge is 0.306 e. The van der Waals surface area contributed by atoms with Gasteiger partial charge in [0.25, 0.3) is 17.1 Å². The molecule has 158 valence electrons. The molecule has 3 aromatic rings. The van der Waals surface area contributed by atoms with Gasteiger partial charge in [-0.3, -0.25) is 19.3 Å². The van der Waals surface area contributed by atoms with Gasteiger partial charge in [0.15, 0.2) is 0 Å². The second kappa shape index (κ2) is 8.31. The number of nitrogens with zero attached hydrogens (tertiary/aromatic N) is 5. The molecule has 1 fully saturated rings. The maximum Gasteiger partial charge on any atom is 0.289 e. The Kier molecular flexibility index (Phi) is 5.55. The molecule has 0 radical (unpaired) electrons. The molecule has 4 rings (SSSR count). The van der Waals surface area contributed by atoms with Crippen LogP contribution in [0.3, 0.4) is 0 Å². The highest BCUT2D eigenvalue weighted by molar-refractivity contribution is 8.14. The lowest BCUT2D eigenvalue weighted by molar-refractivity contribution is -0.125. The Balaban J connectivity index is 1.57.